The van der Waals surface area contributed by atoms with Crippen LogP contribution < -0.4 is 10.1 Å². The smallest absolute Gasteiger partial charge is 0.243 e. The van der Waals surface area contributed by atoms with E-state index in [0.717, 1.165) is 28.9 Å². The van der Waals surface area contributed by atoms with Crippen molar-refractivity contribution in [1.82, 2.24) is 10.2 Å². The minimum atomic E-state index is -0.610. The molecular weight excluding hydrogens is 460 g/mol. The van der Waals surface area contributed by atoms with Gasteiger partial charge in [0.2, 0.25) is 11.8 Å². The predicted molar refractivity (Wildman–Crippen MR) is 149 cm³/mol. The number of aryl methyl sites for hydroxylation is 2. The molecule has 0 saturated carbocycles. The maximum atomic E-state index is 13.7. The van der Waals surface area contributed by atoms with Gasteiger partial charge in [-0.15, -0.1) is 0 Å². The van der Waals surface area contributed by atoms with Crippen molar-refractivity contribution < 1.29 is 14.3 Å². The molecule has 5 nitrogen and oxygen atoms in total. The van der Waals surface area contributed by atoms with E-state index in [4.69, 9.17) is 4.74 Å². The lowest BCUT2D eigenvalue weighted by molar-refractivity contribution is -0.141. The van der Waals surface area contributed by atoms with Gasteiger partial charge in [-0.2, -0.15) is 0 Å². The third-order valence-electron chi connectivity index (χ3n) is 6.70. The lowest BCUT2D eigenvalue weighted by atomic mass is 10.0. The van der Waals surface area contributed by atoms with E-state index in [0.29, 0.717) is 32.4 Å². The van der Waals surface area contributed by atoms with Crippen molar-refractivity contribution in [3.05, 3.63) is 101 Å². The maximum absolute atomic E-state index is 13.7. The fourth-order valence-electron chi connectivity index (χ4n) is 4.16. The quantitative estimate of drug-likeness (QED) is 0.292. The topological polar surface area (TPSA) is 58.6 Å². The van der Waals surface area contributed by atoms with E-state index in [1.165, 1.54) is 5.56 Å². The van der Waals surface area contributed by atoms with Gasteiger partial charge >= 0.3 is 0 Å². The number of amides is 2. The van der Waals surface area contributed by atoms with Crippen molar-refractivity contribution in [2.75, 3.05) is 6.61 Å². The van der Waals surface area contributed by atoms with Gasteiger partial charge in [-0.1, -0.05) is 79.2 Å². The zero-order chi connectivity index (χ0) is 26.6. The van der Waals surface area contributed by atoms with E-state index >= 15 is 0 Å². The number of nitrogens with one attached hydrogen (secondary N) is 1. The van der Waals surface area contributed by atoms with Gasteiger partial charge in [-0.05, 0) is 62.4 Å². The molecule has 0 aromatic heterocycles. The summed E-state index contributed by atoms with van der Waals surface area (Å²) in [6, 6.07) is 25.3. The Kier molecular flexibility index (Phi) is 10.8. The van der Waals surface area contributed by atoms with Crippen LogP contribution in [0.2, 0.25) is 0 Å². The summed E-state index contributed by atoms with van der Waals surface area (Å²) in [7, 11) is 0. The van der Waals surface area contributed by atoms with Crippen molar-refractivity contribution in [2.24, 2.45) is 0 Å². The maximum Gasteiger partial charge on any atom is 0.243 e. The Morgan fingerprint density at radius 1 is 0.919 bits per heavy atom. The molecule has 0 spiro atoms. The van der Waals surface area contributed by atoms with Crippen LogP contribution in [0.1, 0.15) is 55.4 Å². The molecule has 2 atom stereocenters. The molecule has 0 unspecified atom stereocenters. The first kappa shape index (κ1) is 28.0. The van der Waals surface area contributed by atoms with Crippen molar-refractivity contribution in [3.63, 3.8) is 0 Å². The van der Waals surface area contributed by atoms with Gasteiger partial charge in [0.1, 0.15) is 11.8 Å². The number of benzene rings is 3. The van der Waals surface area contributed by atoms with Crippen LogP contribution in [0.4, 0.5) is 0 Å². The zero-order valence-corrected chi connectivity index (χ0v) is 22.6. The molecule has 3 rings (SSSR count). The van der Waals surface area contributed by atoms with Crippen LogP contribution in [-0.4, -0.2) is 35.4 Å². The molecule has 37 heavy (non-hydrogen) atoms. The first-order valence-corrected chi connectivity index (χ1v) is 13.2. The number of carbonyl (C=O) groups excluding carboxylic acids is 2. The van der Waals surface area contributed by atoms with Crippen LogP contribution in [0.15, 0.2) is 78.9 Å². The van der Waals surface area contributed by atoms with E-state index in [1.54, 1.807) is 4.90 Å². The molecule has 1 N–H and O–H groups in total. The molecule has 5 heteroatoms. The van der Waals surface area contributed by atoms with Gasteiger partial charge < -0.3 is 15.0 Å². The molecule has 3 aromatic rings. The van der Waals surface area contributed by atoms with Crippen molar-refractivity contribution in [2.45, 2.75) is 72.0 Å². The van der Waals surface area contributed by atoms with Gasteiger partial charge in [-0.3, -0.25) is 9.59 Å². The average Bonchev–Trinajstić information content (AvgIpc) is 2.91. The summed E-state index contributed by atoms with van der Waals surface area (Å²) < 4.78 is 5.85. The van der Waals surface area contributed by atoms with Crippen molar-refractivity contribution >= 4 is 11.8 Å². The normalized spacial score (nSPS) is 12.4. The van der Waals surface area contributed by atoms with Crippen LogP contribution in [0.5, 0.6) is 5.75 Å². The van der Waals surface area contributed by atoms with Crippen molar-refractivity contribution in [3.8, 4) is 5.75 Å². The Labute approximate surface area is 221 Å². The van der Waals surface area contributed by atoms with Crippen molar-refractivity contribution in [1.29, 1.82) is 0 Å². The molecule has 0 aliphatic heterocycles. The molecule has 0 aliphatic carbocycles. The fraction of sp³-hybridized carbons (Fsp3) is 0.375. The average molecular weight is 501 g/mol. The van der Waals surface area contributed by atoms with Gasteiger partial charge in [0.25, 0.3) is 0 Å². The van der Waals surface area contributed by atoms with Gasteiger partial charge in [0, 0.05) is 25.4 Å². The van der Waals surface area contributed by atoms with Gasteiger partial charge in [0.05, 0.1) is 6.61 Å². The minimum absolute atomic E-state index is 0.0316. The van der Waals surface area contributed by atoms with Crippen LogP contribution in [0.3, 0.4) is 0 Å². The van der Waals surface area contributed by atoms with Crippen LogP contribution in [0.25, 0.3) is 0 Å². The summed E-state index contributed by atoms with van der Waals surface area (Å²) in [5.74, 6) is 0.636. The summed E-state index contributed by atoms with van der Waals surface area (Å²) in [5.41, 5.74) is 4.34. The molecule has 0 saturated heterocycles. The first-order chi connectivity index (χ1) is 17.9. The number of carbonyl (C=O) groups is 2. The number of rotatable bonds is 13. The summed E-state index contributed by atoms with van der Waals surface area (Å²) in [4.78, 5) is 29.0. The summed E-state index contributed by atoms with van der Waals surface area (Å²) in [5, 5.41) is 3.12. The number of hydrogen-bond donors (Lipinski definition) is 1. The molecule has 196 valence electrons. The SMILES string of the molecule is CC[C@H](C)NC(=O)[C@@H](Cc1ccccc1)N(Cc1ccccc1C)C(=O)CCCOc1ccc(C)cc1. The van der Waals surface area contributed by atoms with Crippen LogP contribution >= 0.6 is 0 Å². The van der Waals surface area contributed by atoms with Crippen LogP contribution in [-0.2, 0) is 22.6 Å². The second kappa shape index (κ2) is 14.2. The molecule has 0 radical (unpaired) electrons. The largest absolute Gasteiger partial charge is 0.494 e. The van der Waals surface area contributed by atoms with E-state index in [9.17, 15) is 9.59 Å². The van der Waals surface area contributed by atoms with Crippen LogP contribution in [0, 0.1) is 13.8 Å². The number of ether oxygens (including phenoxy) is 1. The molecule has 0 aliphatic rings. The third-order valence-corrected chi connectivity index (χ3v) is 6.70. The highest BCUT2D eigenvalue weighted by atomic mass is 16.5. The number of hydrogen-bond acceptors (Lipinski definition) is 3. The Bertz CT molecular complexity index is 1130. The lowest BCUT2D eigenvalue weighted by Crippen LogP contribution is -2.52. The molecule has 0 heterocycles. The fourth-order valence-corrected chi connectivity index (χ4v) is 4.16. The number of nitrogens with zero attached hydrogens (tertiary/aromatic N) is 1. The Morgan fingerprint density at radius 2 is 1.59 bits per heavy atom. The highest BCUT2D eigenvalue weighted by Gasteiger charge is 2.31. The Hall–Kier alpha value is -3.60. The summed E-state index contributed by atoms with van der Waals surface area (Å²) >= 11 is 0. The first-order valence-electron chi connectivity index (χ1n) is 13.2. The van der Waals surface area contributed by atoms with E-state index in [-0.39, 0.29) is 17.9 Å². The highest BCUT2D eigenvalue weighted by Crippen LogP contribution is 2.19. The lowest BCUT2D eigenvalue weighted by Gasteiger charge is -2.33. The summed E-state index contributed by atoms with van der Waals surface area (Å²) in [6.07, 6.45) is 2.16. The van der Waals surface area contributed by atoms with E-state index in [2.05, 4.69) is 5.32 Å². The third kappa shape index (κ3) is 8.78. The zero-order valence-electron chi connectivity index (χ0n) is 22.6. The van der Waals surface area contributed by atoms with E-state index in [1.807, 2.05) is 107 Å². The molecule has 3 aromatic carbocycles. The highest BCUT2D eigenvalue weighted by molar-refractivity contribution is 5.88. The minimum Gasteiger partial charge on any atom is -0.494 e. The Morgan fingerprint density at radius 3 is 2.27 bits per heavy atom. The molecular formula is C32H40N2O3. The summed E-state index contributed by atoms with van der Waals surface area (Å²) in [6.45, 7) is 8.94. The van der Waals surface area contributed by atoms with Gasteiger partial charge in [-0.25, -0.2) is 0 Å². The molecule has 0 fully saturated rings. The predicted octanol–water partition coefficient (Wildman–Crippen LogP) is 6.02. The molecule has 0 bridgehead atoms. The second-order valence-corrected chi connectivity index (χ2v) is 9.74. The monoisotopic (exact) mass is 500 g/mol. The molecule has 2 amide bonds. The van der Waals surface area contributed by atoms with Gasteiger partial charge in [0.15, 0.2) is 0 Å². The Balaban J connectivity index is 1.80. The standard InChI is InChI=1S/C32H40N2O3/c1-5-26(4)33-32(36)30(22-27-13-7-6-8-14-27)34(23-28-15-10-9-12-25(28)3)31(35)16-11-21-37-29-19-17-24(2)18-20-29/h6-10,12-15,17-20,26,30H,5,11,16,21-23H2,1-4H3,(H,33,36)/t26-,30+/m0/s1. The van der Waals surface area contributed by atoms with E-state index < -0.39 is 6.04 Å². The second-order valence-electron chi connectivity index (χ2n) is 9.74.